The number of carboxylic acid groups (broad SMARTS) is 4. The predicted octanol–water partition coefficient (Wildman–Crippen LogP) is 2.77. The molecule has 36 heavy (non-hydrogen) atoms. The lowest BCUT2D eigenvalue weighted by atomic mass is 9.34. The molecule has 0 aromatic heterocycles. The molecule has 0 heterocycles. The van der Waals surface area contributed by atoms with E-state index in [1.165, 1.54) is 50.6 Å². The Hall–Kier alpha value is -3.50. The number of para-hydroxylation sites is 2. The lowest BCUT2D eigenvalue weighted by Crippen LogP contribution is -2.92. The molecule has 1 aliphatic carbocycles. The summed E-state index contributed by atoms with van der Waals surface area (Å²) in [6.07, 6.45) is -1.72. The number of alkyl halides is 2. The molecule has 4 N–H and O–H groups in total. The third-order valence-corrected chi connectivity index (χ3v) is 8.58. The molecule has 0 amide bonds. The monoisotopic (exact) mass is 540 g/mol. The van der Waals surface area contributed by atoms with E-state index in [0.717, 1.165) is 0 Å². The van der Waals surface area contributed by atoms with Crippen LogP contribution in [0.3, 0.4) is 0 Å². The Labute approximate surface area is 215 Å². The van der Waals surface area contributed by atoms with Gasteiger partial charge in [0.25, 0.3) is 0 Å². The fourth-order valence-corrected chi connectivity index (χ4v) is 6.62. The molecule has 1 aliphatic rings. The van der Waals surface area contributed by atoms with Crippen LogP contribution in [0.15, 0.2) is 48.5 Å². The number of carbonyl (C=O) groups is 4. The van der Waals surface area contributed by atoms with Crippen LogP contribution in [0, 0.1) is 10.8 Å². The first-order chi connectivity index (χ1) is 16.8. The number of methoxy groups -OCH3 is 2. The standard InChI is InChI=1S/C24H22Cl2O10/c1-35-15-9-5-3-7-13(15)11-21(17(27)28)23(25,19(31)32)22(18(29)30,24(21,26)20(33)34)12-14-8-4-6-10-16(14)36-2/h3-10H,11-12H2,1-2H3,(H,27,28)(H,29,30)(H,31,32)(H,33,34). The summed E-state index contributed by atoms with van der Waals surface area (Å²) in [5.74, 6) is -7.92. The molecule has 0 bridgehead atoms. The van der Waals surface area contributed by atoms with Crippen LogP contribution < -0.4 is 9.47 Å². The Morgan fingerprint density at radius 1 is 0.639 bits per heavy atom. The van der Waals surface area contributed by atoms with Gasteiger partial charge < -0.3 is 29.9 Å². The van der Waals surface area contributed by atoms with E-state index in [0.29, 0.717) is 0 Å². The fourth-order valence-electron chi connectivity index (χ4n) is 5.37. The van der Waals surface area contributed by atoms with Crippen LogP contribution in [-0.4, -0.2) is 68.3 Å². The summed E-state index contributed by atoms with van der Waals surface area (Å²) in [6.45, 7) is 0. The SMILES string of the molecule is COc1ccccc1CC1(C(=O)O)C(Cl)(C(=O)O)C(Cc2ccccc2OC)(C(=O)O)C1(Cl)C(=O)O. The molecule has 0 saturated heterocycles. The maximum absolute atomic E-state index is 12.9. The normalized spacial score (nSPS) is 29.0. The molecule has 0 aliphatic heterocycles. The van der Waals surface area contributed by atoms with Crippen molar-refractivity contribution in [1.29, 1.82) is 0 Å². The molecule has 0 spiro atoms. The molecular formula is C24H22Cl2O10. The summed E-state index contributed by atoms with van der Waals surface area (Å²) in [7, 11) is 2.54. The predicted molar refractivity (Wildman–Crippen MR) is 126 cm³/mol. The van der Waals surface area contributed by atoms with Crippen LogP contribution >= 0.6 is 23.2 Å². The Balaban J connectivity index is 2.43. The van der Waals surface area contributed by atoms with Gasteiger partial charge in [-0.15, -0.1) is 23.2 Å². The lowest BCUT2D eigenvalue weighted by molar-refractivity contribution is -0.222. The van der Waals surface area contributed by atoms with Crippen molar-refractivity contribution in [1.82, 2.24) is 0 Å². The fraction of sp³-hybridized carbons (Fsp3) is 0.333. The Morgan fingerprint density at radius 3 is 1.19 bits per heavy atom. The highest BCUT2D eigenvalue weighted by Gasteiger charge is 2.98. The van der Waals surface area contributed by atoms with Crippen molar-refractivity contribution >= 4 is 47.1 Å². The number of carboxylic acids is 4. The highest BCUT2D eigenvalue weighted by atomic mass is 35.5. The molecular weight excluding hydrogens is 519 g/mol. The van der Waals surface area contributed by atoms with E-state index in [1.54, 1.807) is 12.1 Å². The van der Waals surface area contributed by atoms with Gasteiger partial charge in [-0.3, -0.25) is 19.2 Å². The number of aliphatic carboxylic acids is 4. The number of ether oxygens (including phenoxy) is 2. The number of rotatable bonds is 10. The summed E-state index contributed by atoms with van der Waals surface area (Å²) in [6, 6.07) is 11.7. The summed E-state index contributed by atoms with van der Waals surface area (Å²) < 4.78 is 10.4. The van der Waals surface area contributed by atoms with Crippen molar-refractivity contribution < 1.29 is 49.1 Å². The lowest BCUT2D eigenvalue weighted by Gasteiger charge is -2.69. The van der Waals surface area contributed by atoms with Crippen LogP contribution in [0.2, 0.25) is 0 Å². The molecule has 3 rings (SSSR count). The van der Waals surface area contributed by atoms with Crippen LogP contribution in [0.1, 0.15) is 11.1 Å². The van der Waals surface area contributed by atoms with E-state index in [2.05, 4.69) is 0 Å². The smallest absolute Gasteiger partial charge is 0.327 e. The van der Waals surface area contributed by atoms with Crippen LogP contribution in [0.5, 0.6) is 11.5 Å². The van der Waals surface area contributed by atoms with Crippen molar-refractivity contribution in [3.8, 4) is 11.5 Å². The zero-order valence-corrected chi connectivity index (χ0v) is 20.5. The second-order valence-electron chi connectivity index (χ2n) is 8.33. The molecule has 1 fully saturated rings. The molecule has 1 saturated carbocycles. The van der Waals surface area contributed by atoms with Gasteiger partial charge in [-0.2, -0.15) is 0 Å². The van der Waals surface area contributed by atoms with Gasteiger partial charge in [-0.05, 0) is 36.1 Å². The molecule has 0 radical (unpaired) electrons. The maximum Gasteiger partial charge on any atom is 0.327 e. The average Bonchev–Trinajstić information content (AvgIpc) is 2.84. The van der Waals surface area contributed by atoms with Crippen molar-refractivity contribution in [2.45, 2.75) is 22.6 Å². The average molecular weight is 541 g/mol. The van der Waals surface area contributed by atoms with E-state index >= 15 is 0 Å². The van der Waals surface area contributed by atoms with Gasteiger partial charge >= 0.3 is 23.9 Å². The molecule has 0 atom stereocenters. The van der Waals surface area contributed by atoms with Gasteiger partial charge in [-0.25, -0.2) is 0 Å². The van der Waals surface area contributed by atoms with Gasteiger partial charge in [0.05, 0.1) is 14.2 Å². The first kappa shape index (κ1) is 27.1. The Kier molecular flexibility index (Phi) is 6.91. The second kappa shape index (κ2) is 9.18. The first-order valence-corrected chi connectivity index (χ1v) is 11.1. The first-order valence-electron chi connectivity index (χ1n) is 10.4. The number of hydrogen-bond acceptors (Lipinski definition) is 6. The van der Waals surface area contributed by atoms with E-state index < -0.39 is 57.3 Å². The Morgan fingerprint density at radius 2 is 0.944 bits per heavy atom. The van der Waals surface area contributed by atoms with Crippen molar-refractivity contribution in [2.24, 2.45) is 10.8 Å². The van der Waals surface area contributed by atoms with Gasteiger partial charge in [0.2, 0.25) is 0 Å². The summed E-state index contributed by atoms with van der Waals surface area (Å²) in [5.41, 5.74) is -5.96. The molecule has 2 aromatic rings. The van der Waals surface area contributed by atoms with E-state index in [4.69, 9.17) is 32.7 Å². The highest BCUT2D eigenvalue weighted by Crippen LogP contribution is 2.77. The largest absolute Gasteiger partial charge is 0.496 e. The van der Waals surface area contributed by atoms with Gasteiger partial charge in [-0.1, -0.05) is 36.4 Å². The van der Waals surface area contributed by atoms with Crippen molar-refractivity contribution in [2.75, 3.05) is 14.2 Å². The van der Waals surface area contributed by atoms with Gasteiger partial charge in [0, 0.05) is 0 Å². The minimum absolute atomic E-state index is 0.0660. The maximum atomic E-state index is 12.9. The van der Waals surface area contributed by atoms with E-state index in [9.17, 15) is 39.6 Å². The summed E-state index contributed by atoms with van der Waals surface area (Å²) in [5, 5.41) is 41.4. The van der Waals surface area contributed by atoms with Crippen molar-refractivity contribution in [3.63, 3.8) is 0 Å². The van der Waals surface area contributed by atoms with Crippen LogP contribution in [-0.2, 0) is 32.0 Å². The Bertz CT molecular complexity index is 1140. The molecule has 12 heteroatoms. The van der Waals surface area contributed by atoms with E-state index in [-0.39, 0.29) is 22.6 Å². The third kappa shape index (κ3) is 3.10. The number of benzene rings is 2. The topological polar surface area (TPSA) is 168 Å². The quantitative estimate of drug-likeness (QED) is 0.328. The molecule has 192 valence electrons. The van der Waals surface area contributed by atoms with Crippen LogP contribution in [0.25, 0.3) is 0 Å². The number of halogens is 2. The summed E-state index contributed by atoms with van der Waals surface area (Å²) in [4.78, 5) is 44.8. The zero-order chi connectivity index (χ0) is 27.1. The zero-order valence-electron chi connectivity index (χ0n) is 19.0. The third-order valence-electron chi connectivity index (χ3n) is 6.97. The minimum atomic E-state index is -3.24. The van der Waals surface area contributed by atoms with Gasteiger partial charge in [0.1, 0.15) is 22.3 Å². The number of hydrogen-bond donors (Lipinski definition) is 4. The van der Waals surface area contributed by atoms with E-state index in [1.807, 2.05) is 0 Å². The molecule has 0 unspecified atom stereocenters. The highest BCUT2D eigenvalue weighted by molar-refractivity contribution is 6.49. The van der Waals surface area contributed by atoms with Gasteiger partial charge in [0.15, 0.2) is 9.75 Å². The molecule has 2 aromatic carbocycles. The summed E-state index contributed by atoms with van der Waals surface area (Å²) >= 11 is 13.2. The molecule has 10 nitrogen and oxygen atoms in total. The van der Waals surface area contributed by atoms with Crippen molar-refractivity contribution in [3.05, 3.63) is 59.7 Å². The van der Waals surface area contributed by atoms with Crippen LogP contribution in [0.4, 0.5) is 0 Å². The second-order valence-corrected chi connectivity index (χ2v) is 9.46. The minimum Gasteiger partial charge on any atom is -0.496 e.